The zero-order valence-electron chi connectivity index (χ0n) is 10.7. The number of hydrogen-bond acceptors (Lipinski definition) is 4. The minimum atomic E-state index is -0.544. The third-order valence-electron chi connectivity index (χ3n) is 3.44. The van der Waals surface area contributed by atoms with Crippen molar-refractivity contribution in [1.29, 1.82) is 0 Å². The number of isocyanates is 1. The molecule has 0 aliphatic carbocycles. The van der Waals surface area contributed by atoms with Crippen LogP contribution in [0.3, 0.4) is 0 Å². The summed E-state index contributed by atoms with van der Waals surface area (Å²) >= 11 is 0. The van der Waals surface area contributed by atoms with E-state index in [1.54, 1.807) is 13.2 Å². The average Bonchev–Trinajstić information content (AvgIpc) is 2.40. The van der Waals surface area contributed by atoms with Crippen LogP contribution < -0.4 is 4.74 Å². The molecule has 0 radical (unpaired) electrons. The van der Waals surface area contributed by atoms with Crippen molar-refractivity contribution in [3.05, 3.63) is 29.3 Å². The zero-order chi connectivity index (χ0) is 13.0. The molecule has 1 aliphatic rings. The summed E-state index contributed by atoms with van der Waals surface area (Å²) in [5, 5.41) is 0. The maximum absolute atomic E-state index is 10.8. The number of aliphatic imine (C=N–C) groups is 1. The molecule has 0 N–H and O–H groups in total. The molecule has 0 spiro atoms. The Hall–Kier alpha value is -1.64. The molecule has 0 saturated carbocycles. The molecular formula is C14H17NO3. The first-order chi connectivity index (χ1) is 8.72. The summed E-state index contributed by atoms with van der Waals surface area (Å²) in [4.78, 5) is 14.8. The lowest BCUT2D eigenvalue weighted by Gasteiger charge is -2.33. The van der Waals surface area contributed by atoms with Gasteiger partial charge in [-0.15, -0.1) is 0 Å². The molecule has 18 heavy (non-hydrogen) atoms. The molecule has 0 unspecified atom stereocenters. The highest BCUT2D eigenvalue weighted by Crippen LogP contribution is 2.41. The average molecular weight is 247 g/mol. The zero-order valence-corrected chi connectivity index (χ0v) is 10.7. The molecule has 1 fully saturated rings. The molecule has 0 bridgehead atoms. The quantitative estimate of drug-likeness (QED) is 0.608. The summed E-state index contributed by atoms with van der Waals surface area (Å²) in [5.41, 5.74) is 1.53. The minimum absolute atomic E-state index is 0.544. The second-order valence-electron chi connectivity index (χ2n) is 4.55. The molecule has 1 saturated heterocycles. The highest BCUT2D eigenvalue weighted by Gasteiger charge is 2.36. The fourth-order valence-electron chi connectivity index (χ4n) is 2.42. The monoisotopic (exact) mass is 247 g/mol. The molecule has 96 valence electrons. The Bertz CT molecular complexity index is 472. The number of methoxy groups -OCH3 is 1. The van der Waals surface area contributed by atoms with E-state index < -0.39 is 5.54 Å². The van der Waals surface area contributed by atoms with Crippen molar-refractivity contribution in [1.82, 2.24) is 0 Å². The van der Waals surface area contributed by atoms with E-state index in [4.69, 9.17) is 9.47 Å². The van der Waals surface area contributed by atoms with Crippen LogP contribution in [0.5, 0.6) is 5.75 Å². The first-order valence-electron chi connectivity index (χ1n) is 6.04. The highest BCUT2D eigenvalue weighted by molar-refractivity contribution is 5.46. The lowest BCUT2D eigenvalue weighted by atomic mass is 9.82. The van der Waals surface area contributed by atoms with E-state index in [1.165, 1.54) is 0 Å². The minimum Gasteiger partial charge on any atom is -0.496 e. The third-order valence-corrected chi connectivity index (χ3v) is 3.44. The molecule has 1 aromatic rings. The van der Waals surface area contributed by atoms with E-state index in [-0.39, 0.29) is 0 Å². The van der Waals surface area contributed by atoms with Gasteiger partial charge in [0.1, 0.15) is 11.3 Å². The normalized spacial score (nSPS) is 17.9. The molecule has 0 amide bonds. The Kier molecular flexibility index (Phi) is 3.80. The number of benzene rings is 1. The standard InChI is InChI=1S/C14H17NO3/c1-11-3-4-13(17-2)12(9-11)14(15-10-16)5-7-18-8-6-14/h3-4,9H,5-8H2,1-2H3. The maximum atomic E-state index is 10.8. The Morgan fingerprint density at radius 2 is 2.11 bits per heavy atom. The largest absolute Gasteiger partial charge is 0.496 e. The van der Waals surface area contributed by atoms with E-state index in [2.05, 4.69) is 4.99 Å². The van der Waals surface area contributed by atoms with Crippen LogP contribution >= 0.6 is 0 Å². The molecule has 0 aromatic heterocycles. The summed E-state index contributed by atoms with van der Waals surface area (Å²) in [6.45, 7) is 3.21. The van der Waals surface area contributed by atoms with E-state index in [9.17, 15) is 4.79 Å². The highest BCUT2D eigenvalue weighted by atomic mass is 16.5. The third kappa shape index (κ3) is 2.30. The molecule has 4 heteroatoms. The predicted octanol–water partition coefficient (Wildman–Crippen LogP) is 2.35. The smallest absolute Gasteiger partial charge is 0.235 e. The SMILES string of the molecule is COc1ccc(C)cc1C1(N=C=O)CCOCC1. The van der Waals surface area contributed by atoms with Crippen molar-refractivity contribution in [2.24, 2.45) is 4.99 Å². The first kappa shape index (κ1) is 12.8. The van der Waals surface area contributed by atoms with Crippen molar-refractivity contribution >= 4 is 6.08 Å². The van der Waals surface area contributed by atoms with Gasteiger partial charge in [-0.05, 0) is 19.1 Å². The van der Waals surface area contributed by atoms with Crippen LogP contribution in [-0.2, 0) is 15.1 Å². The van der Waals surface area contributed by atoms with Crippen molar-refractivity contribution in [2.45, 2.75) is 25.3 Å². The topological polar surface area (TPSA) is 47.9 Å². The number of carbonyl (C=O) groups excluding carboxylic acids is 1. The Morgan fingerprint density at radius 1 is 1.39 bits per heavy atom. The number of aryl methyl sites for hydroxylation is 1. The van der Waals surface area contributed by atoms with Gasteiger partial charge in [-0.1, -0.05) is 11.6 Å². The van der Waals surface area contributed by atoms with Gasteiger partial charge in [-0.3, -0.25) is 0 Å². The van der Waals surface area contributed by atoms with Gasteiger partial charge in [0.05, 0.1) is 7.11 Å². The van der Waals surface area contributed by atoms with Crippen molar-refractivity contribution in [3.8, 4) is 5.75 Å². The van der Waals surface area contributed by atoms with Crippen molar-refractivity contribution in [2.75, 3.05) is 20.3 Å². The second-order valence-corrected chi connectivity index (χ2v) is 4.55. The molecule has 1 aromatic carbocycles. The van der Waals surface area contributed by atoms with Gasteiger partial charge >= 0.3 is 0 Å². The molecule has 4 nitrogen and oxygen atoms in total. The number of nitrogens with zero attached hydrogens (tertiary/aromatic N) is 1. The van der Waals surface area contributed by atoms with E-state index >= 15 is 0 Å². The lowest BCUT2D eigenvalue weighted by Crippen LogP contribution is -2.32. The summed E-state index contributed by atoms with van der Waals surface area (Å²) in [6, 6.07) is 5.94. The Balaban J connectivity index is 2.53. The Labute approximate surface area is 107 Å². The Morgan fingerprint density at radius 3 is 2.72 bits per heavy atom. The fourth-order valence-corrected chi connectivity index (χ4v) is 2.42. The number of rotatable bonds is 3. The summed E-state index contributed by atoms with van der Waals surface area (Å²) in [5.74, 6) is 0.765. The van der Waals surface area contributed by atoms with Crippen LogP contribution in [0.15, 0.2) is 23.2 Å². The van der Waals surface area contributed by atoms with Gasteiger partial charge < -0.3 is 9.47 Å². The van der Waals surface area contributed by atoms with Gasteiger partial charge in [0.25, 0.3) is 0 Å². The van der Waals surface area contributed by atoms with Gasteiger partial charge in [0.2, 0.25) is 6.08 Å². The fraction of sp³-hybridized carbons (Fsp3) is 0.500. The molecule has 0 atom stereocenters. The van der Waals surface area contributed by atoms with Gasteiger partial charge in [0, 0.05) is 31.6 Å². The van der Waals surface area contributed by atoms with Crippen LogP contribution in [-0.4, -0.2) is 26.4 Å². The van der Waals surface area contributed by atoms with Crippen LogP contribution in [0, 0.1) is 6.92 Å². The van der Waals surface area contributed by atoms with Crippen molar-refractivity contribution in [3.63, 3.8) is 0 Å². The lowest BCUT2D eigenvalue weighted by molar-refractivity contribution is 0.0523. The summed E-state index contributed by atoms with van der Waals surface area (Å²) in [7, 11) is 1.63. The van der Waals surface area contributed by atoms with Crippen LogP contribution in [0.1, 0.15) is 24.0 Å². The molecule has 1 aliphatic heterocycles. The van der Waals surface area contributed by atoms with E-state index in [0.717, 1.165) is 16.9 Å². The first-order valence-corrected chi connectivity index (χ1v) is 6.04. The van der Waals surface area contributed by atoms with Gasteiger partial charge in [0.15, 0.2) is 0 Å². The van der Waals surface area contributed by atoms with Crippen LogP contribution in [0.4, 0.5) is 0 Å². The van der Waals surface area contributed by atoms with Gasteiger partial charge in [-0.25, -0.2) is 4.79 Å². The predicted molar refractivity (Wildman–Crippen MR) is 67.6 cm³/mol. The van der Waals surface area contributed by atoms with E-state index in [1.807, 2.05) is 25.1 Å². The van der Waals surface area contributed by atoms with Crippen LogP contribution in [0.25, 0.3) is 0 Å². The summed E-state index contributed by atoms with van der Waals surface area (Å²) in [6.07, 6.45) is 3.08. The molecular weight excluding hydrogens is 230 g/mol. The number of hydrogen-bond donors (Lipinski definition) is 0. The second kappa shape index (κ2) is 5.34. The van der Waals surface area contributed by atoms with E-state index in [0.29, 0.717) is 26.1 Å². The molecule has 1 heterocycles. The summed E-state index contributed by atoms with van der Waals surface area (Å²) < 4.78 is 10.8. The number of ether oxygens (including phenoxy) is 2. The molecule has 2 rings (SSSR count). The van der Waals surface area contributed by atoms with Crippen LogP contribution in [0.2, 0.25) is 0 Å². The van der Waals surface area contributed by atoms with Gasteiger partial charge in [-0.2, -0.15) is 4.99 Å². The van der Waals surface area contributed by atoms with Crippen molar-refractivity contribution < 1.29 is 14.3 Å². The maximum Gasteiger partial charge on any atom is 0.235 e.